The van der Waals surface area contributed by atoms with E-state index in [1.807, 2.05) is 11.0 Å². The van der Waals surface area contributed by atoms with Gasteiger partial charge >= 0.3 is 0 Å². The van der Waals surface area contributed by atoms with Crippen LogP contribution >= 0.6 is 0 Å². The zero-order valence-electron chi connectivity index (χ0n) is 11.2. The molecule has 4 nitrogen and oxygen atoms in total. The highest BCUT2D eigenvalue weighted by Crippen LogP contribution is 2.27. The first-order chi connectivity index (χ1) is 9.33. The van der Waals surface area contributed by atoms with Crippen molar-refractivity contribution in [3.8, 4) is 0 Å². The van der Waals surface area contributed by atoms with Crippen LogP contribution in [0.5, 0.6) is 0 Å². The van der Waals surface area contributed by atoms with E-state index in [1.165, 1.54) is 5.69 Å². The molecule has 0 saturated carbocycles. The van der Waals surface area contributed by atoms with Crippen LogP contribution in [0.4, 0.5) is 0 Å². The van der Waals surface area contributed by atoms with Crippen molar-refractivity contribution in [3.05, 3.63) is 30.1 Å². The van der Waals surface area contributed by atoms with E-state index in [0.29, 0.717) is 24.2 Å². The molecule has 1 amide bonds. The minimum atomic E-state index is 0.320. The van der Waals surface area contributed by atoms with Gasteiger partial charge in [0.05, 0.1) is 0 Å². The number of rotatable bonds is 3. The van der Waals surface area contributed by atoms with Crippen LogP contribution in [0.25, 0.3) is 0 Å². The fourth-order valence-electron chi connectivity index (χ4n) is 3.17. The molecule has 1 fully saturated rings. The molecule has 19 heavy (non-hydrogen) atoms. The zero-order chi connectivity index (χ0) is 13.1. The first-order valence-corrected chi connectivity index (χ1v) is 7.26. The van der Waals surface area contributed by atoms with Crippen molar-refractivity contribution in [1.82, 2.24) is 15.1 Å². The fourth-order valence-corrected chi connectivity index (χ4v) is 3.17. The van der Waals surface area contributed by atoms with Gasteiger partial charge in [0.15, 0.2) is 0 Å². The number of hydrogen-bond donors (Lipinski definition) is 1. The number of hydrogen-bond acceptors (Lipinski definition) is 2. The maximum atomic E-state index is 12.3. The van der Waals surface area contributed by atoms with Gasteiger partial charge in [-0.1, -0.05) is 12.2 Å². The van der Waals surface area contributed by atoms with Crippen molar-refractivity contribution >= 4 is 5.91 Å². The summed E-state index contributed by atoms with van der Waals surface area (Å²) in [6.07, 6.45) is 11.4. The van der Waals surface area contributed by atoms with Crippen LogP contribution in [0.2, 0.25) is 0 Å². The summed E-state index contributed by atoms with van der Waals surface area (Å²) < 4.78 is 0. The Bertz CT molecular complexity index is 452. The van der Waals surface area contributed by atoms with Gasteiger partial charge in [-0.15, -0.1) is 0 Å². The number of carbonyl (C=O) groups excluding carboxylic acids is 1. The van der Waals surface area contributed by atoms with Gasteiger partial charge in [-0.2, -0.15) is 5.10 Å². The summed E-state index contributed by atoms with van der Waals surface area (Å²) in [5.74, 6) is 1.22. The van der Waals surface area contributed by atoms with Gasteiger partial charge in [-0.3, -0.25) is 9.89 Å². The summed E-state index contributed by atoms with van der Waals surface area (Å²) >= 11 is 0. The summed E-state index contributed by atoms with van der Waals surface area (Å²) in [7, 11) is 0. The molecule has 0 radical (unpaired) electrons. The second kappa shape index (κ2) is 5.59. The number of nitrogens with one attached hydrogen (secondary N) is 1. The van der Waals surface area contributed by atoms with E-state index in [2.05, 4.69) is 22.3 Å². The molecule has 2 heterocycles. The Labute approximate surface area is 113 Å². The molecule has 1 saturated heterocycles. The number of nitrogens with zero attached hydrogens (tertiary/aromatic N) is 2. The predicted molar refractivity (Wildman–Crippen MR) is 73.6 cm³/mol. The van der Waals surface area contributed by atoms with E-state index in [0.717, 1.165) is 38.8 Å². The van der Waals surface area contributed by atoms with Crippen LogP contribution in [-0.4, -0.2) is 34.1 Å². The Morgan fingerprint density at radius 3 is 3.16 bits per heavy atom. The summed E-state index contributed by atoms with van der Waals surface area (Å²) in [4.78, 5) is 14.4. The predicted octanol–water partition coefficient (Wildman–Crippen LogP) is 2.47. The quantitative estimate of drug-likeness (QED) is 0.848. The van der Waals surface area contributed by atoms with Crippen molar-refractivity contribution in [3.63, 3.8) is 0 Å². The van der Waals surface area contributed by atoms with Gasteiger partial charge in [0.25, 0.3) is 0 Å². The number of H-pyrrole nitrogens is 1. The maximum absolute atomic E-state index is 12.3. The van der Waals surface area contributed by atoms with Crippen molar-refractivity contribution in [1.29, 1.82) is 0 Å². The van der Waals surface area contributed by atoms with E-state index in [1.54, 1.807) is 6.20 Å². The number of amides is 1. The molecule has 1 aromatic rings. The lowest BCUT2D eigenvalue weighted by molar-refractivity contribution is -0.133. The third-order valence-electron chi connectivity index (χ3n) is 4.29. The first-order valence-electron chi connectivity index (χ1n) is 7.26. The highest BCUT2D eigenvalue weighted by atomic mass is 16.2. The average molecular weight is 259 g/mol. The highest BCUT2D eigenvalue weighted by molar-refractivity contribution is 5.77. The number of piperidine rings is 1. The first kappa shape index (κ1) is 12.5. The molecule has 2 aliphatic rings. The summed E-state index contributed by atoms with van der Waals surface area (Å²) in [5, 5.41) is 7.05. The van der Waals surface area contributed by atoms with Crippen LogP contribution in [0.1, 0.15) is 43.7 Å². The Morgan fingerprint density at radius 2 is 2.42 bits per heavy atom. The number of aromatic nitrogens is 2. The van der Waals surface area contributed by atoms with E-state index in [-0.39, 0.29) is 0 Å². The SMILES string of the molecule is O=C(C[C@@H]1C=CCC1)N1CCC[C@@H](c2ccn[nH]2)C1. The second-order valence-electron chi connectivity index (χ2n) is 5.66. The molecule has 0 aromatic carbocycles. The second-order valence-corrected chi connectivity index (χ2v) is 5.66. The number of allylic oxidation sites excluding steroid dienone is 2. The third kappa shape index (κ3) is 2.88. The van der Waals surface area contributed by atoms with E-state index < -0.39 is 0 Å². The van der Waals surface area contributed by atoms with Gasteiger partial charge in [0, 0.05) is 37.3 Å². The smallest absolute Gasteiger partial charge is 0.223 e. The van der Waals surface area contributed by atoms with Gasteiger partial charge in [-0.25, -0.2) is 0 Å². The number of likely N-dealkylation sites (tertiary alicyclic amines) is 1. The zero-order valence-corrected chi connectivity index (χ0v) is 11.2. The van der Waals surface area contributed by atoms with Crippen LogP contribution in [0.15, 0.2) is 24.4 Å². The van der Waals surface area contributed by atoms with Crippen LogP contribution in [0.3, 0.4) is 0 Å². The molecular weight excluding hydrogens is 238 g/mol. The fraction of sp³-hybridized carbons (Fsp3) is 0.600. The molecule has 1 aromatic heterocycles. The highest BCUT2D eigenvalue weighted by Gasteiger charge is 2.26. The summed E-state index contributed by atoms with van der Waals surface area (Å²) in [6, 6.07) is 2.03. The summed E-state index contributed by atoms with van der Waals surface area (Å²) in [5.41, 5.74) is 1.17. The molecule has 1 aliphatic heterocycles. The molecule has 0 spiro atoms. The average Bonchev–Trinajstić information content (AvgIpc) is 3.12. The Kier molecular flexibility index (Phi) is 3.67. The lowest BCUT2D eigenvalue weighted by Gasteiger charge is -2.32. The van der Waals surface area contributed by atoms with Crippen LogP contribution in [-0.2, 0) is 4.79 Å². The summed E-state index contributed by atoms with van der Waals surface area (Å²) in [6.45, 7) is 1.76. The van der Waals surface area contributed by atoms with Gasteiger partial charge in [0.1, 0.15) is 0 Å². The monoisotopic (exact) mass is 259 g/mol. The topological polar surface area (TPSA) is 49.0 Å². The molecule has 3 rings (SSSR count). The minimum absolute atomic E-state index is 0.320. The number of aromatic amines is 1. The van der Waals surface area contributed by atoms with E-state index in [4.69, 9.17) is 0 Å². The minimum Gasteiger partial charge on any atom is -0.342 e. The molecule has 102 valence electrons. The van der Waals surface area contributed by atoms with Crippen LogP contribution < -0.4 is 0 Å². The van der Waals surface area contributed by atoms with Crippen molar-refractivity contribution < 1.29 is 4.79 Å². The molecule has 4 heteroatoms. The lowest BCUT2D eigenvalue weighted by Crippen LogP contribution is -2.39. The van der Waals surface area contributed by atoms with Crippen LogP contribution in [0, 0.1) is 5.92 Å². The largest absolute Gasteiger partial charge is 0.342 e. The normalized spacial score (nSPS) is 26.8. The molecular formula is C15H21N3O. The molecule has 2 atom stereocenters. The van der Waals surface area contributed by atoms with Crippen molar-refractivity contribution in [2.45, 2.75) is 38.0 Å². The Hall–Kier alpha value is -1.58. The third-order valence-corrected chi connectivity index (χ3v) is 4.29. The Morgan fingerprint density at radius 1 is 1.47 bits per heavy atom. The lowest BCUT2D eigenvalue weighted by atomic mass is 9.94. The number of carbonyl (C=O) groups is 1. The standard InChI is InChI=1S/C15H21N3O/c19-15(10-12-4-1-2-5-12)18-9-3-6-13(11-18)14-7-8-16-17-14/h1,4,7-8,12-13H,2-3,5-6,9-11H2,(H,16,17)/t12-,13-/m1/s1. The van der Waals surface area contributed by atoms with Gasteiger partial charge in [-0.05, 0) is 37.7 Å². The van der Waals surface area contributed by atoms with Gasteiger partial charge in [0.2, 0.25) is 5.91 Å². The van der Waals surface area contributed by atoms with E-state index >= 15 is 0 Å². The molecule has 1 N–H and O–H groups in total. The van der Waals surface area contributed by atoms with Gasteiger partial charge < -0.3 is 4.90 Å². The Balaban J connectivity index is 1.58. The van der Waals surface area contributed by atoms with Crippen molar-refractivity contribution in [2.75, 3.05) is 13.1 Å². The van der Waals surface area contributed by atoms with Crippen molar-refractivity contribution in [2.24, 2.45) is 5.92 Å². The maximum Gasteiger partial charge on any atom is 0.223 e. The molecule has 1 aliphatic carbocycles. The molecule has 0 unspecified atom stereocenters. The van der Waals surface area contributed by atoms with E-state index in [9.17, 15) is 4.79 Å². The molecule has 0 bridgehead atoms.